The van der Waals surface area contributed by atoms with E-state index in [9.17, 15) is 0 Å². The Morgan fingerprint density at radius 1 is 1.00 bits per heavy atom. The number of hydrogen-bond donors (Lipinski definition) is 0. The molecule has 0 rings (SSSR count). The molecule has 0 aliphatic rings. The van der Waals surface area contributed by atoms with Crippen molar-refractivity contribution in [1.82, 2.24) is 4.90 Å². The molecule has 0 spiro atoms. The topological polar surface area (TPSA) is 12.5 Å². The molecule has 0 aromatic rings. The van der Waals surface area contributed by atoms with Gasteiger partial charge in [0.2, 0.25) is 0 Å². The van der Waals surface area contributed by atoms with Crippen LogP contribution in [-0.2, 0) is 4.74 Å². The van der Waals surface area contributed by atoms with E-state index in [1.165, 1.54) is 0 Å². The Hall–Kier alpha value is -0.0800. The van der Waals surface area contributed by atoms with Crippen molar-refractivity contribution in [2.75, 3.05) is 32.8 Å². The maximum atomic E-state index is 5.23. The second-order valence-corrected chi connectivity index (χ2v) is 2.22. The van der Waals surface area contributed by atoms with Crippen LogP contribution >= 0.6 is 0 Å². The van der Waals surface area contributed by atoms with Crippen molar-refractivity contribution in [1.29, 1.82) is 0 Å². The Morgan fingerprint density at radius 2 is 1.50 bits per heavy atom. The van der Waals surface area contributed by atoms with Crippen molar-refractivity contribution in [2.24, 2.45) is 0 Å². The van der Waals surface area contributed by atoms with Gasteiger partial charge in [0.1, 0.15) is 0 Å². The molecule has 0 radical (unpaired) electrons. The fraction of sp³-hybridized carbons (Fsp3) is 1.00. The average molecular weight is 175 g/mol. The van der Waals surface area contributed by atoms with E-state index in [1.54, 1.807) is 0 Å². The highest BCUT2D eigenvalue weighted by Crippen LogP contribution is 1.85. The van der Waals surface area contributed by atoms with Crippen LogP contribution in [-0.4, -0.2) is 37.7 Å². The predicted octanol–water partition coefficient (Wildman–Crippen LogP) is 2.39. The zero-order valence-corrected chi connectivity index (χ0v) is 9.39. The monoisotopic (exact) mass is 175 g/mol. The second kappa shape index (κ2) is 13.5. The fourth-order valence-electron chi connectivity index (χ4n) is 0.878. The van der Waals surface area contributed by atoms with Gasteiger partial charge in [-0.15, -0.1) is 0 Å². The molecule has 0 saturated carbocycles. The van der Waals surface area contributed by atoms with Crippen molar-refractivity contribution < 1.29 is 4.74 Å². The lowest BCUT2D eigenvalue weighted by Crippen LogP contribution is -2.26. The van der Waals surface area contributed by atoms with Gasteiger partial charge < -0.3 is 9.64 Å². The van der Waals surface area contributed by atoms with Crippen molar-refractivity contribution in [2.45, 2.75) is 34.6 Å². The third-order valence-electron chi connectivity index (χ3n) is 1.65. The molecule has 2 heteroatoms. The summed E-state index contributed by atoms with van der Waals surface area (Å²) in [7, 11) is 0. The van der Waals surface area contributed by atoms with Gasteiger partial charge in [0.05, 0.1) is 6.61 Å². The average Bonchev–Trinajstić information content (AvgIpc) is 2.16. The molecule has 0 aliphatic heterocycles. The number of rotatable bonds is 6. The maximum Gasteiger partial charge on any atom is 0.0593 e. The first-order valence-corrected chi connectivity index (χ1v) is 5.15. The summed E-state index contributed by atoms with van der Waals surface area (Å²) in [5.74, 6) is 0. The normalized spacial score (nSPS) is 9.50. The van der Waals surface area contributed by atoms with E-state index in [-0.39, 0.29) is 0 Å². The fourth-order valence-corrected chi connectivity index (χ4v) is 0.878. The van der Waals surface area contributed by atoms with Crippen LogP contribution in [0, 0.1) is 0 Å². The van der Waals surface area contributed by atoms with Crippen molar-refractivity contribution >= 4 is 0 Å². The van der Waals surface area contributed by atoms with E-state index >= 15 is 0 Å². The predicted molar refractivity (Wildman–Crippen MR) is 55.6 cm³/mol. The lowest BCUT2D eigenvalue weighted by Gasteiger charge is -2.16. The van der Waals surface area contributed by atoms with Gasteiger partial charge in [-0.25, -0.2) is 0 Å². The Morgan fingerprint density at radius 3 is 1.83 bits per heavy atom. The SMILES string of the molecule is CC.CCOCCN(CC)CC. The van der Waals surface area contributed by atoms with Crippen LogP contribution in [0.25, 0.3) is 0 Å². The number of hydrogen-bond acceptors (Lipinski definition) is 2. The maximum absolute atomic E-state index is 5.23. The highest BCUT2D eigenvalue weighted by Gasteiger charge is 1.95. The molecular weight excluding hydrogens is 150 g/mol. The van der Waals surface area contributed by atoms with E-state index in [4.69, 9.17) is 4.74 Å². The van der Waals surface area contributed by atoms with E-state index in [1.807, 2.05) is 20.8 Å². The molecule has 0 aromatic carbocycles. The Kier molecular flexibility index (Phi) is 16.3. The summed E-state index contributed by atoms with van der Waals surface area (Å²) in [5, 5.41) is 0. The van der Waals surface area contributed by atoms with E-state index < -0.39 is 0 Å². The van der Waals surface area contributed by atoms with Crippen LogP contribution in [0.4, 0.5) is 0 Å². The lowest BCUT2D eigenvalue weighted by atomic mass is 10.5. The Labute approximate surface area is 77.9 Å². The zero-order chi connectivity index (χ0) is 9.82. The smallest absolute Gasteiger partial charge is 0.0593 e. The van der Waals surface area contributed by atoms with Crippen molar-refractivity contribution in [3.05, 3.63) is 0 Å². The minimum absolute atomic E-state index is 0.835. The third-order valence-corrected chi connectivity index (χ3v) is 1.65. The molecule has 0 N–H and O–H groups in total. The summed E-state index contributed by atoms with van der Waals surface area (Å²) < 4.78 is 5.23. The van der Waals surface area contributed by atoms with Crippen LogP contribution in [0.3, 0.4) is 0 Å². The van der Waals surface area contributed by atoms with Crippen LogP contribution in [0.2, 0.25) is 0 Å². The summed E-state index contributed by atoms with van der Waals surface area (Å²) >= 11 is 0. The van der Waals surface area contributed by atoms with E-state index in [2.05, 4.69) is 18.7 Å². The molecule has 0 atom stereocenters. The van der Waals surface area contributed by atoms with Gasteiger partial charge in [0.15, 0.2) is 0 Å². The summed E-state index contributed by atoms with van der Waals surface area (Å²) in [5.41, 5.74) is 0. The first-order valence-electron chi connectivity index (χ1n) is 5.15. The molecule has 0 heterocycles. The number of likely N-dealkylation sites (N-methyl/N-ethyl adjacent to an activating group) is 1. The Bertz CT molecular complexity index is 62.9. The molecule has 2 nitrogen and oxygen atoms in total. The first kappa shape index (κ1) is 14.4. The molecular formula is C10H25NO. The number of ether oxygens (including phenoxy) is 1. The van der Waals surface area contributed by atoms with Gasteiger partial charge in [-0.05, 0) is 20.0 Å². The summed E-state index contributed by atoms with van der Waals surface area (Å²) in [4.78, 5) is 2.36. The van der Waals surface area contributed by atoms with Gasteiger partial charge in [0, 0.05) is 13.2 Å². The van der Waals surface area contributed by atoms with Gasteiger partial charge in [-0.1, -0.05) is 27.7 Å². The van der Waals surface area contributed by atoms with E-state index in [0.29, 0.717) is 0 Å². The zero-order valence-electron chi connectivity index (χ0n) is 9.39. The van der Waals surface area contributed by atoms with Crippen LogP contribution in [0.15, 0.2) is 0 Å². The molecule has 0 aliphatic carbocycles. The minimum Gasteiger partial charge on any atom is -0.380 e. The highest BCUT2D eigenvalue weighted by molar-refractivity contribution is 4.49. The van der Waals surface area contributed by atoms with Gasteiger partial charge in [-0.3, -0.25) is 0 Å². The molecule has 0 saturated heterocycles. The quantitative estimate of drug-likeness (QED) is 0.575. The lowest BCUT2D eigenvalue weighted by molar-refractivity contribution is 0.117. The van der Waals surface area contributed by atoms with Crippen molar-refractivity contribution in [3.8, 4) is 0 Å². The molecule has 12 heavy (non-hydrogen) atoms. The molecule has 76 valence electrons. The first-order chi connectivity index (χ1) is 5.85. The molecule has 0 amide bonds. The minimum atomic E-state index is 0.835. The number of nitrogens with zero attached hydrogens (tertiary/aromatic N) is 1. The van der Waals surface area contributed by atoms with Crippen LogP contribution in [0.1, 0.15) is 34.6 Å². The van der Waals surface area contributed by atoms with Gasteiger partial charge >= 0.3 is 0 Å². The molecule has 0 unspecified atom stereocenters. The molecule has 0 bridgehead atoms. The highest BCUT2D eigenvalue weighted by atomic mass is 16.5. The van der Waals surface area contributed by atoms with Gasteiger partial charge in [0.25, 0.3) is 0 Å². The van der Waals surface area contributed by atoms with Gasteiger partial charge in [-0.2, -0.15) is 0 Å². The standard InChI is InChI=1S/C8H19NO.C2H6/c1-4-9(5-2)7-8-10-6-3;1-2/h4-8H2,1-3H3;1-2H3. The second-order valence-electron chi connectivity index (χ2n) is 2.22. The van der Waals surface area contributed by atoms with Crippen LogP contribution < -0.4 is 0 Å². The van der Waals surface area contributed by atoms with Crippen molar-refractivity contribution in [3.63, 3.8) is 0 Å². The molecule has 0 aromatic heterocycles. The van der Waals surface area contributed by atoms with Crippen LogP contribution in [0.5, 0.6) is 0 Å². The summed E-state index contributed by atoms with van der Waals surface area (Å²) in [6.07, 6.45) is 0. The largest absolute Gasteiger partial charge is 0.380 e. The third kappa shape index (κ3) is 9.92. The van der Waals surface area contributed by atoms with E-state index in [0.717, 1.165) is 32.8 Å². The molecule has 0 fully saturated rings. The summed E-state index contributed by atoms with van der Waals surface area (Å²) in [6, 6.07) is 0. The Balaban J connectivity index is 0. The summed E-state index contributed by atoms with van der Waals surface area (Å²) in [6.45, 7) is 15.4.